The molecule has 0 amide bonds. The molecule has 0 aliphatic rings. The number of esters is 1. The zero-order chi connectivity index (χ0) is 16.9. The average Bonchev–Trinajstić information content (AvgIpc) is 2.53. The van der Waals surface area contributed by atoms with Gasteiger partial charge < -0.3 is 10.5 Å². The standard InChI is InChI=1S/C16H18N2O4S/c1-2-22-16(19)12-18(14-8-4-3-5-9-14)23(20,21)15-10-6-7-13(17)11-15/h3-11H,2,12,17H2,1H3. The van der Waals surface area contributed by atoms with Gasteiger partial charge in [0.05, 0.1) is 17.2 Å². The number of nitrogens with zero attached hydrogens (tertiary/aromatic N) is 1. The molecule has 0 spiro atoms. The summed E-state index contributed by atoms with van der Waals surface area (Å²) in [7, 11) is -3.94. The Hall–Kier alpha value is -2.54. The first kappa shape index (κ1) is 16.8. The van der Waals surface area contributed by atoms with Gasteiger partial charge in [0.15, 0.2) is 0 Å². The number of anilines is 2. The summed E-state index contributed by atoms with van der Waals surface area (Å²) in [6.07, 6.45) is 0. The molecule has 122 valence electrons. The van der Waals surface area contributed by atoms with E-state index in [1.165, 1.54) is 12.1 Å². The van der Waals surface area contributed by atoms with Gasteiger partial charge in [0.2, 0.25) is 0 Å². The molecular weight excluding hydrogens is 316 g/mol. The van der Waals surface area contributed by atoms with Crippen LogP contribution in [0.3, 0.4) is 0 Å². The van der Waals surface area contributed by atoms with Gasteiger partial charge in [-0.3, -0.25) is 9.10 Å². The average molecular weight is 334 g/mol. The zero-order valence-electron chi connectivity index (χ0n) is 12.7. The first-order chi connectivity index (χ1) is 10.9. The Labute approximate surface area is 135 Å². The predicted molar refractivity (Wildman–Crippen MR) is 88.5 cm³/mol. The molecule has 0 aliphatic carbocycles. The van der Waals surface area contributed by atoms with Crippen LogP contribution in [0.25, 0.3) is 0 Å². The molecule has 2 aromatic carbocycles. The van der Waals surface area contributed by atoms with Crippen LogP contribution in [-0.2, 0) is 19.6 Å². The Kier molecular flexibility index (Phi) is 5.23. The molecule has 0 aliphatic heterocycles. The van der Waals surface area contributed by atoms with Gasteiger partial charge in [0.1, 0.15) is 6.54 Å². The summed E-state index contributed by atoms with van der Waals surface area (Å²) in [6.45, 7) is 1.44. The van der Waals surface area contributed by atoms with Crippen molar-refractivity contribution in [3.63, 3.8) is 0 Å². The molecule has 2 rings (SSSR count). The lowest BCUT2D eigenvalue weighted by Crippen LogP contribution is -2.36. The van der Waals surface area contributed by atoms with E-state index in [2.05, 4.69) is 0 Å². The first-order valence-electron chi connectivity index (χ1n) is 7.04. The third-order valence-corrected chi connectivity index (χ3v) is 4.84. The summed E-state index contributed by atoms with van der Waals surface area (Å²) in [5.41, 5.74) is 6.38. The van der Waals surface area contributed by atoms with Gasteiger partial charge in [-0.05, 0) is 37.3 Å². The smallest absolute Gasteiger partial charge is 0.326 e. The monoisotopic (exact) mass is 334 g/mol. The molecule has 0 radical (unpaired) electrons. The van der Waals surface area contributed by atoms with E-state index in [0.29, 0.717) is 11.4 Å². The van der Waals surface area contributed by atoms with Crippen LogP contribution in [0.15, 0.2) is 59.5 Å². The minimum Gasteiger partial charge on any atom is -0.465 e. The molecule has 6 nitrogen and oxygen atoms in total. The van der Waals surface area contributed by atoms with E-state index < -0.39 is 22.5 Å². The highest BCUT2D eigenvalue weighted by atomic mass is 32.2. The van der Waals surface area contributed by atoms with Gasteiger partial charge in [-0.1, -0.05) is 24.3 Å². The molecule has 7 heteroatoms. The van der Waals surface area contributed by atoms with Gasteiger partial charge in [-0.15, -0.1) is 0 Å². The maximum Gasteiger partial charge on any atom is 0.326 e. The highest BCUT2D eigenvalue weighted by Crippen LogP contribution is 2.24. The number of hydrogen-bond donors (Lipinski definition) is 1. The number of hydrogen-bond acceptors (Lipinski definition) is 5. The topological polar surface area (TPSA) is 89.7 Å². The van der Waals surface area contributed by atoms with E-state index in [9.17, 15) is 13.2 Å². The van der Waals surface area contributed by atoms with Crippen molar-refractivity contribution in [1.29, 1.82) is 0 Å². The molecule has 2 aromatic rings. The van der Waals surface area contributed by atoms with Crippen LogP contribution >= 0.6 is 0 Å². The lowest BCUT2D eigenvalue weighted by Gasteiger charge is -2.23. The maximum absolute atomic E-state index is 12.9. The van der Waals surface area contributed by atoms with Crippen molar-refractivity contribution in [2.45, 2.75) is 11.8 Å². The van der Waals surface area contributed by atoms with Crippen LogP contribution in [0.5, 0.6) is 0 Å². The van der Waals surface area contributed by atoms with E-state index >= 15 is 0 Å². The molecular formula is C16H18N2O4S. The minimum atomic E-state index is -3.94. The number of sulfonamides is 1. The fourth-order valence-electron chi connectivity index (χ4n) is 2.04. The number of benzene rings is 2. The van der Waals surface area contributed by atoms with E-state index in [1.54, 1.807) is 49.4 Å². The molecule has 0 saturated carbocycles. The number of carbonyl (C=O) groups excluding carboxylic acids is 1. The van der Waals surface area contributed by atoms with Gasteiger partial charge in [0.25, 0.3) is 10.0 Å². The minimum absolute atomic E-state index is 0.0191. The van der Waals surface area contributed by atoms with Crippen molar-refractivity contribution in [2.24, 2.45) is 0 Å². The van der Waals surface area contributed by atoms with Crippen LogP contribution in [0.2, 0.25) is 0 Å². The van der Waals surface area contributed by atoms with E-state index in [0.717, 1.165) is 4.31 Å². The molecule has 0 saturated heterocycles. The number of nitrogen functional groups attached to an aromatic ring is 1. The highest BCUT2D eigenvalue weighted by Gasteiger charge is 2.27. The number of para-hydroxylation sites is 1. The summed E-state index contributed by atoms with van der Waals surface area (Å²) in [6, 6.07) is 14.3. The second kappa shape index (κ2) is 7.15. The summed E-state index contributed by atoms with van der Waals surface area (Å²) >= 11 is 0. The quantitative estimate of drug-likeness (QED) is 0.645. The Morgan fingerprint density at radius 1 is 1.13 bits per heavy atom. The molecule has 0 unspecified atom stereocenters. The van der Waals surface area contributed by atoms with Gasteiger partial charge >= 0.3 is 5.97 Å². The second-order valence-electron chi connectivity index (χ2n) is 4.72. The summed E-state index contributed by atoms with van der Waals surface area (Å²) in [5.74, 6) is -0.621. The van der Waals surface area contributed by atoms with Crippen LogP contribution in [-0.4, -0.2) is 27.5 Å². The number of carbonyl (C=O) groups is 1. The molecule has 23 heavy (non-hydrogen) atoms. The predicted octanol–water partition coefficient (Wildman–Crippen LogP) is 2.03. The highest BCUT2D eigenvalue weighted by molar-refractivity contribution is 7.92. The summed E-state index contributed by atoms with van der Waals surface area (Å²) in [5, 5.41) is 0. The summed E-state index contributed by atoms with van der Waals surface area (Å²) < 4.78 is 31.7. The summed E-state index contributed by atoms with van der Waals surface area (Å²) in [4.78, 5) is 11.8. The normalized spacial score (nSPS) is 11.0. The van der Waals surface area contributed by atoms with Crippen molar-refractivity contribution in [2.75, 3.05) is 23.2 Å². The Morgan fingerprint density at radius 3 is 2.43 bits per heavy atom. The Bertz CT molecular complexity index is 776. The van der Waals surface area contributed by atoms with E-state index in [4.69, 9.17) is 10.5 Å². The largest absolute Gasteiger partial charge is 0.465 e. The first-order valence-corrected chi connectivity index (χ1v) is 8.48. The van der Waals surface area contributed by atoms with Gasteiger partial charge in [-0.25, -0.2) is 8.42 Å². The van der Waals surface area contributed by atoms with Gasteiger partial charge in [-0.2, -0.15) is 0 Å². The van der Waals surface area contributed by atoms with Crippen molar-refractivity contribution < 1.29 is 17.9 Å². The SMILES string of the molecule is CCOC(=O)CN(c1ccccc1)S(=O)(=O)c1cccc(N)c1. The van der Waals surface area contributed by atoms with Gasteiger partial charge in [0, 0.05) is 5.69 Å². The van der Waals surface area contributed by atoms with Crippen molar-refractivity contribution in [3.8, 4) is 0 Å². The third kappa shape index (κ3) is 4.01. The second-order valence-corrected chi connectivity index (χ2v) is 6.59. The fraction of sp³-hybridized carbons (Fsp3) is 0.188. The Balaban J connectivity index is 2.46. The van der Waals surface area contributed by atoms with Crippen molar-refractivity contribution >= 4 is 27.4 Å². The molecule has 0 aromatic heterocycles. The van der Waals surface area contributed by atoms with Crippen molar-refractivity contribution in [1.82, 2.24) is 0 Å². The van der Waals surface area contributed by atoms with Crippen LogP contribution in [0.1, 0.15) is 6.92 Å². The lowest BCUT2D eigenvalue weighted by atomic mass is 10.3. The molecule has 2 N–H and O–H groups in total. The third-order valence-electron chi connectivity index (χ3n) is 3.07. The molecule has 0 heterocycles. The fourth-order valence-corrected chi connectivity index (χ4v) is 3.50. The zero-order valence-corrected chi connectivity index (χ0v) is 13.5. The van der Waals surface area contributed by atoms with Crippen molar-refractivity contribution in [3.05, 3.63) is 54.6 Å². The van der Waals surface area contributed by atoms with Crippen LogP contribution in [0, 0.1) is 0 Å². The number of ether oxygens (including phenoxy) is 1. The number of nitrogens with two attached hydrogens (primary N) is 1. The van der Waals surface area contributed by atoms with Crippen LogP contribution in [0.4, 0.5) is 11.4 Å². The molecule has 0 bridgehead atoms. The Morgan fingerprint density at radius 2 is 1.83 bits per heavy atom. The number of rotatable bonds is 6. The maximum atomic E-state index is 12.9. The molecule has 0 fully saturated rings. The van der Waals surface area contributed by atoms with E-state index in [1.807, 2.05) is 0 Å². The lowest BCUT2D eigenvalue weighted by molar-refractivity contribution is -0.141. The molecule has 0 atom stereocenters. The van der Waals surface area contributed by atoms with Crippen LogP contribution < -0.4 is 10.0 Å². The van der Waals surface area contributed by atoms with E-state index in [-0.39, 0.29) is 11.5 Å².